The fourth-order valence-corrected chi connectivity index (χ4v) is 3.64. The summed E-state index contributed by atoms with van der Waals surface area (Å²) in [6.45, 7) is 5.92. The number of amides is 1. The zero-order valence-electron chi connectivity index (χ0n) is 16.3. The van der Waals surface area contributed by atoms with Gasteiger partial charge in [0.2, 0.25) is 0 Å². The van der Waals surface area contributed by atoms with Gasteiger partial charge in [0.1, 0.15) is 0 Å². The van der Waals surface area contributed by atoms with Gasteiger partial charge < -0.3 is 19.7 Å². The normalized spacial score (nSPS) is 14.2. The van der Waals surface area contributed by atoms with E-state index in [1.165, 1.54) is 12.8 Å². The van der Waals surface area contributed by atoms with E-state index in [9.17, 15) is 4.79 Å². The first kappa shape index (κ1) is 19.7. The van der Waals surface area contributed by atoms with Crippen molar-refractivity contribution in [2.45, 2.75) is 26.3 Å². The minimum Gasteiger partial charge on any atom is -0.370 e. The standard InChI is InChI=1S/C20H28ClN5O/c1-15-18(23-14-22-15)13-26(11-10-24(2)3)20(27)16-6-7-19(17(21)12-16)25-8-4-5-9-25/h6-7,12,14H,4-5,8-11,13H2,1-3H3,(H,22,23). The summed E-state index contributed by atoms with van der Waals surface area (Å²) in [5.41, 5.74) is 3.52. The molecule has 7 heteroatoms. The van der Waals surface area contributed by atoms with E-state index in [2.05, 4.69) is 19.8 Å². The Morgan fingerprint density at radius 1 is 1.26 bits per heavy atom. The van der Waals surface area contributed by atoms with Crippen LogP contribution in [0.4, 0.5) is 5.69 Å². The molecule has 146 valence electrons. The number of halogens is 1. The number of nitrogens with one attached hydrogen (secondary N) is 1. The minimum absolute atomic E-state index is 0.0193. The molecular formula is C20H28ClN5O. The number of aromatic amines is 1. The number of H-pyrrole nitrogens is 1. The van der Waals surface area contributed by atoms with Crippen molar-refractivity contribution in [1.29, 1.82) is 0 Å². The van der Waals surface area contributed by atoms with Crippen molar-refractivity contribution in [3.05, 3.63) is 46.5 Å². The molecule has 0 unspecified atom stereocenters. The molecule has 1 saturated heterocycles. The highest BCUT2D eigenvalue weighted by atomic mass is 35.5. The zero-order valence-corrected chi connectivity index (χ0v) is 17.1. The Labute approximate surface area is 166 Å². The maximum Gasteiger partial charge on any atom is 0.254 e. The highest BCUT2D eigenvalue weighted by Crippen LogP contribution is 2.30. The van der Waals surface area contributed by atoms with Crippen molar-refractivity contribution in [2.24, 2.45) is 0 Å². The summed E-state index contributed by atoms with van der Waals surface area (Å²) in [6.07, 6.45) is 4.05. The average molecular weight is 390 g/mol. The number of carbonyl (C=O) groups is 1. The molecule has 27 heavy (non-hydrogen) atoms. The first-order valence-electron chi connectivity index (χ1n) is 9.43. The Morgan fingerprint density at radius 2 is 2.00 bits per heavy atom. The number of rotatable bonds is 7. The Hall–Kier alpha value is -2.05. The second kappa shape index (κ2) is 8.76. The van der Waals surface area contributed by atoms with Gasteiger partial charge in [-0.15, -0.1) is 0 Å². The van der Waals surface area contributed by atoms with Crippen LogP contribution >= 0.6 is 11.6 Å². The lowest BCUT2D eigenvalue weighted by atomic mass is 10.1. The molecule has 2 heterocycles. The van der Waals surface area contributed by atoms with Crippen LogP contribution in [0.2, 0.25) is 5.02 Å². The van der Waals surface area contributed by atoms with Crippen LogP contribution in [-0.2, 0) is 6.54 Å². The molecule has 1 aliphatic rings. The fourth-order valence-electron chi connectivity index (χ4n) is 3.34. The van der Waals surface area contributed by atoms with Crippen LogP contribution in [0.15, 0.2) is 24.5 Å². The van der Waals surface area contributed by atoms with Gasteiger partial charge in [-0.3, -0.25) is 4.79 Å². The number of benzene rings is 1. The predicted octanol–water partition coefficient (Wildman–Crippen LogP) is 3.18. The lowest BCUT2D eigenvalue weighted by molar-refractivity contribution is 0.0730. The SMILES string of the molecule is Cc1[nH]cnc1CN(CCN(C)C)C(=O)c1ccc(N2CCCC2)c(Cl)c1. The number of hydrogen-bond donors (Lipinski definition) is 1. The van der Waals surface area contributed by atoms with Gasteiger partial charge in [-0.05, 0) is 52.1 Å². The average Bonchev–Trinajstić information content (AvgIpc) is 3.30. The van der Waals surface area contributed by atoms with Crippen LogP contribution in [0.1, 0.15) is 34.6 Å². The van der Waals surface area contributed by atoms with Crippen molar-refractivity contribution in [2.75, 3.05) is 45.2 Å². The molecule has 0 aliphatic carbocycles. The number of aryl methyl sites for hydroxylation is 1. The second-order valence-corrected chi connectivity index (χ2v) is 7.77. The molecule has 1 N–H and O–H groups in total. The third-order valence-corrected chi connectivity index (χ3v) is 5.32. The van der Waals surface area contributed by atoms with E-state index in [1.807, 2.05) is 38.1 Å². The lowest BCUT2D eigenvalue weighted by Crippen LogP contribution is -2.36. The van der Waals surface area contributed by atoms with Crippen LogP contribution in [0, 0.1) is 6.92 Å². The summed E-state index contributed by atoms with van der Waals surface area (Å²) in [7, 11) is 4.01. The molecule has 1 amide bonds. The highest BCUT2D eigenvalue weighted by Gasteiger charge is 2.21. The summed E-state index contributed by atoms with van der Waals surface area (Å²) in [4.78, 5) is 26.8. The molecule has 1 aliphatic heterocycles. The summed E-state index contributed by atoms with van der Waals surface area (Å²) in [6, 6.07) is 5.67. The Morgan fingerprint density at radius 3 is 2.59 bits per heavy atom. The molecule has 2 aromatic rings. The zero-order chi connectivity index (χ0) is 19.4. The fraction of sp³-hybridized carbons (Fsp3) is 0.500. The maximum absolute atomic E-state index is 13.2. The van der Waals surface area contributed by atoms with E-state index in [1.54, 1.807) is 12.4 Å². The summed E-state index contributed by atoms with van der Waals surface area (Å²) in [5.74, 6) is -0.0193. The first-order chi connectivity index (χ1) is 13.0. The molecular weight excluding hydrogens is 362 g/mol. The van der Waals surface area contributed by atoms with Gasteiger partial charge in [0.05, 0.1) is 29.3 Å². The number of hydrogen-bond acceptors (Lipinski definition) is 4. The van der Waals surface area contributed by atoms with Crippen LogP contribution in [0.25, 0.3) is 0 Å². The molecule has 1 aromatic carbocycles. The predicted molar refractivity (Wildman–Crippen MR) is 110 cm³/mol. The van der Waals surface area contributed by atoms with Crippen molar-refractivity contribution in [1.82, 2.24) is 19.8 Å². The number of aromatic nitrogens is 2. The summed E-state index contributed by atoms with van der Waals surface area (Å²) < 4.78 is 0. The van der Waals surface area contributed by atoms with Crippen LogP contribution < -0.4 is 4.90 Å². The first-order valence-corrected chi connectivity index (χ1v) is 9.81. The molecule has 1 aromatic heterocycles. The summed E-state index contributed by atoms with van der Waals surface area (Å²) >= 11 is 6.52. The monoisotopic (exact) mass is 389 g/mol. The van der Waals surface area contributed by atoms with Gasteiger partial charge >= 0.3 is 0 Å². The van der Waals surface area contributed by atoms with Gasteiger partial charge in [-0.25, -0.2) is 4.98 Å². The van der Waals surface area contributed by atoms with Crippen LogP contribution in [0.5, 0.6) is 0 Å². The smallest absolute Gasteiger partial charge is 0.254 e. The Balaban J connectivity index is 1.79. The van der Waals surface area contributed by atoms with Crippen molar-refractivity contribution in [3.8, 4) is 0 Å². The van der Waals surface area contributed by atoms with Crippen molar-refractivity contribution < 1.29 is 4.79 Å². The molecule has 0 radical (unpaired) electrons. The van der Waals surface area contributed by atoms with Gasteiger partial charge in [0, 0.05) is 37.4 Å². The number of imidazole rings is 1. The molecule has 3 rings (SSSR count). The van der Waals surface area contributed by atoms with Crippen molar-refractivity contribution in [3.63, 3.8) is 0 Å². The third-order valence-electron chi connectivity index (χ3n) is 5.02. The van der Waals surface area contributed by atoms with E-state index in [0.29, 0.717) is 23.7 Å². The minimum atomic E-state index is -0.0193. The van der Waals surface area contributed by atoms with Gasteiger partial charge in [-0.2, -0.15) is 0 Å². The molecule has 0 saturated carbocycles. The van der Waals surface area contributed by atoms with Gasteiger partial charge in [0.25, 0.3) is 5.91 Å². The van der Waals surface area contributed by atoms with Gasteiger partial charge in [-0.1, -0.05) is 11.6 Å². The van der Waals surface area contributed by atoms with E-state index in [0.717, 1.165) is 36.7 Å². The van der Waals surface area contributed by atoms with Gasteiger partial charge in [0.15, 0.2) is 0 Å². The highest BCUT2D eigenvalue weighted by molar-refractivity contribution is 6.33. The van der Waals surface area contributed by atoms with Crippen LogP contribution in [0.3, 0.4) is 0 Å². The van der Waals surface area contributed by atoms with E-state index < -0.39 is 0 Å². The van der Waals surface area contributed by atoms with Crippen molar-refractivity contribution >= 4 is 23.2 Å². The third kappa shape index (κ3) is 4.82. The Bertz CT molecular complexity index is 782. The second-order valence-electron chi connectivity index (χ2n) is 7.36. The van der Waals surface area contributed by atoms with E-state index >= 15 is 0 Å². The molecule has 0 atom stereocenters. The maximum atomic E-state index is 13.2. The Kier molecular flexibility index (Phi) is 6.39. The number of anilines is 1. The molecule has 6 nitrogen and oxygen atoms in total. The van der Waals surface area contributed by atoms with Crippen LogP contribution in [-0.4, -0.2) is 65.9 Å². The van der Waals surface area contributed by atoms with E-state index in [-0.39, 0.29) is 5.91 Å². The lowest BCUT2D eigenvalue weighted by Gasteiger charge is -2.25. The molecule has 0 bridgehead atoms. The molecule has 0 spiro atoms. The number of likely N-dealkylation sites (N-methyl/N-ethyl adjacent to an activating group) is 1. The number of nitrogens with zero attached hydrogens (tertiary/aromatic N) is 4. The molecule has 1 fully saturated rings. The summed E-state index contributed by atoms with van der Waals surface area (Å²) in [5, 5.41) is 0.645. The quantitative estimate of drug-likeness (QED) is 0.790. The topological polar surface area (TPSA) is 55.5 Å². The largest absolute Gasteiger partial charge is 0.370 e. The number of carbonyl (C=O) groups excluding carboxylic acids is 1. The van der Waals surface area contributed by atoms with E-state index in [4.69, 9.17) is 11.6 Å².